The fourth-order valence-corrected chi connectivity index (χ4v) is 8.49. The largest absolute Gasteiger partial charge is 0.388 e. The number of aliphatic hydroxyl groups excluding tert-OH is 9. The third-order valence-corrected chi connectivity index (χ3v) is 12.2. The Labute approximate surface area is 335 Å². The highest BCUT2D eigenvalue weighted by Gasteiger charge is 2.45. The second-order valence-corrected chi connectivity index (χ2v) is 16.6. The van der Waals surface area contributed by atoms with Gasteiger partial charge in [-0.05, 0) is 20.8 Å². The summed E-state index contributed by atoms with van der Waals surface area (Å²) >= 11 is 3.65. The van der Waals surface area contributed by atoms with Gasteiger partial charge in [0.05, 0.1) is 54.0 Å². The second kappa shape index (κ2) is 17.7. The number of rotatable bonds is 12. The van der Waals surface area contributed by atoms with Crippen LogP contribution in [0.5, 0.6) is 0 Å². The molecule has 15 atom stereocenters. The van der Waals surface area contributed by atoms with Gasteiger partial charge in [-0.2, -0.15) is 15.0 Å². The third kappa shape index (κ3) is 9.11. The van der Waals surface area contributed by atoms with E-state index in [0.29, 0.717) is 32.6 Å². The highest BCUT2D eigenvalue weighted by Crippen LogP contribution is 2.32. The molecule has 9 N–H and O–H groups in total. The third-order valence-electron chi connectivity index (χ3n) is 9.56. The van der Waals surface area contributed by atoms with Crippen LogP contribution in [0.25, 0.3) is 0 Å². The van der Waals surface area contributed by atoms with E-state index in [-0.39, 0.29) is 17.3 Å². The van der Waals surface area contributed by atoms with E-state index in [1.54, 1.807) is 20.8 Å². The van der Waals surface area contributed by atoms with Crippen molar-refractivity contribution in [2.75, 3.05) is 0 Å². The molecule has 24 nitrogen and oxygen atoms in total. The Balaban J connectivity index is 1.05. The molecule has 4 aromatic heterocycles. The van der Waals surface area contributed by atoms with Crippen molar-refractivity contribution in [2.24, 2.45) is 0 Å². The van der Waals surface area contributed by atoms with Crippen molar-refractivity contribution < 1.29 is 60.2 Å². The van der Waals surface area contributed by atoms with Crippen LogP contribution in [0, 0.1) is 0 Å². The predicted molar refractivity (Wildman–Crippen MR) is 191 cm³/mol. The fourth-order valence-electron chi connectivity index (χ4n) is 6.19. The molecular formula is C30H42N12O12S3. The maximum atomic E-state index is 10.5. The van der Waals surface area contributed by atoms with E-state index in [4.69, 9.17) is 14.2 Å². The van der Waals surface area contributed by atoms with Crippen molar-refractivity contribution in [1.82, 2.24) is 59.9 Å². The van der Waals surface area contributed by atoms with Crippen molar-refractivity contribution in [3.8, 4) is 0 Å². The first-order chi connectivity index (χ1) is 27.2. The normalized spacial score (nSPS) is 36.1. The number of aliphatic hydroxyl groups is 9. The lowest BCUT2D eigenvalue weighted by Gasteiger charge is -2.38. The minimum atomic E-state index is -1.45. The Morgan fingerprint density at radius 1 is 0.439 bits per heavy atom. The summed E-state index contributed by atoms with van der Waals surface area (Å²) in [6.45, 7) is 4.70. The van der Waals surface area contributed by atoms with Crippen molar-refractivity contribution in [3.05, 3.63) is 35.7 Å². The summed E-state index contributed by atoms with van der Waals surface area (Å²) in [5.41, 5.74) is 1.41. The molecular weight excluding hydrogens is 817 g/mol. The minimum absolute atomic E-state index is 0.232. The summed E-state index contributed by atoms with van der Waals surface area (Å²) in [6.07, 6.45) is -13.4. The SMILES string of the molecule is C[C@@H]1O[C@@H](n2cc(CSc3nc(SCc4cn([C@@H]5O[C@@H](C)[C@@H](O)[C@@H](O)[C@@H]5O)nn4)nc(SCc4cn([C@@H]5O[C@@H](C)[C@@H](O)[C@@H](O)[C@@H]5O)nn4)n3)nn2)[C@@H](O)[C@H](O)[C@@H]1O. The Morgan fingerprint density at radius 3 is 0.965 bits per heavy atom. The van der Waals surface area contributed by atoms with Crippen LogP contribution >= 0.6 is 35.3 Å². The lowest BCUT2D eigenvalue weighted by atomic mass is 9.99. The number of ether oxygens (including phenoxy) is 3. The summed E-state index contributed by atoms with van der Waals surface area (Å²) in [5, 5.41) is 118. The molecule has 0 unspecified atom stereocenters. The lowest BCUT2D eigenvalue weighted by Crippen LogP contribution is -2.54. The summed E-state index contributed by atoms with van der Waals surface area (Å²) in [4.78, 5) is 13.8. The topological polar surface area (TPSA) is 341 Å². The highest BCUT2D eigenvalue weighted by molar-refractivity contribution is 7.99. The van der Waals surface area contributed by atoms with Gasteiger partial charge in [0.2, 0.25) is 0 Å². The molecule has 7 rings (SSSR count). The minimum Gasteiger partial charge on any atom is -0.388 e. The van der Waals surface area contributed by atoms with E-state index in [9.17, 15) is 46.0 Å². The molecule has 57 heavy (non-hydrogen) atoms. The summed E-state index contributed by atoms with van der Waals surface area (Å²) in [7, 11) is 0. The van der Waals surface area contributed by atoms with Gasteiger partial charge in [0.1, 0.15) is 54.9 Å². The van der Waals surface area contributed by atoms with E-state index in [2.05, 4.69) is 45.9 Å². The van der Waals surface area contributed by atoms with Gasteiger partial charge in [-0.3, -0.25) is 0 Å². The van der Waals surface area contributed by atoms with Crippen LogP contribution < -0.4 is 0 Å². The van der Waals surface area contributed by atoms with E-state index in [1.807, 2.05) is 0 Å². The zero-order chi connectivity index (χ0) is 40.7. The first-order valence-electron chi connectivity index (χ1n) is 17.6. The molecule has 0 amide bonds. The fraction of sp³-hybridized carbons (Fsp3) is 0.700. The average Bonchev–Trinajstić information content (AvgIpc) is 3.99. The molecule has 312 valence electrons. The van der Waals surface area contributed by atoms with Gasteiger partial charge >= 0.3 is 0 Å². The lowest BCUT2D eigenvalue weighted by molar-refractivity contribution is -0.243. The highest BCUT2D eigenvalue weighted by atomic mass is 32.2. The molecule has 3 aliphatic rings. The molecule has 3 fully saturated rings. The van der Waals surface area contributed by atoms with E-state index in [1.165, 1.54) is 67.9 Å². The molecule has 0 spiro atoms. The molecule has 0 radical (unpaired) electrons. The van der Waals surface area contributed by atoms with Crippen LogP contribution in [0.15, 0.2) is 34.1 Å². The van der Waals surface area contributed by atoms with Gasteiger partial charge in [0.25, 0.3) is 0 Å². The first kappa shape index (κ1) is 42.1. The molecule has 4 aromatic rings. The second-order valence-electron chi connectivity index (χ2n) is 13.7. The van der Waals surface area contributed by atoms with Crippen molar-refractivity contribution in [3.63, 3.8) is 0 Å². The van der Waals surface area contributed by atoms with Gasteiger partial charge in [0, 0.05) is 17.3 Å². The number of hydrogen-bond acceptors (Lipinski definition) is 24. The maximum absolute atomic E-state index is 10.5. The number of thioether (sulfide) groups is 3. The molecule has 27 heteroatoms. The monoisotopic (exact) mass is 858 g/mol. The zero-order valence-electron chi connectivity index (χ0n) is 30.4. The van der Waals surface area contributed by atoms with Crippen LogP contribution in [0.3, 0.4) is 0 Å². The maximum Gasteiger partial charge on any atom is 0.192 e. The van der Waals surface area contributed by atoms with Gasteiger partial charge < -0.3 is 60.2 Å². The molecule has 0 bridgehead atoms. The molecule has 3 aliphatic heterocycles. The predicted octanol–water partition coefficient (Wildman–Crippen LogP) is -3.48. The summed E-state index contributed by atoms with van der Waals surface area (Å²) in [6, 6.07) is 0. The number of hydrogen-bond donors (Lipinski definition) is 9. The zero-order valence-corrected chi connectivity index (χ0v) is 32.8. The first-order valence-corrected chi connectivity index (χ1v) is 20.6. The molecule has 0 aromatic carbocycles. The Hall–Kier alpha value is -3.00. The van der Waals surface area contributed by atoms with Gasteiger partial charge in [-0.25, -0.2) is 14.0 Å². The molecule has 3 saturated heterocycles. The van der Waals surface area contributed by atoms with E-state index in [0.717, 1.165) is 0 Å². The Bertz CT molecular complexity index is 1740. The van der Waals surface area contributed by atoms with Crippen LogP contribution in [0.2, 0.25) is 0 Å². The van der Waals surface area contributed by atoms with Crippen LogP contribution in [0.4, 0.5) is 0 Å². The van der Waals surface area contributed by atoms with Crippen LogP contribution in [-0.4, -0.2) is 179 Å². The van der Waals surface area contributed by atoms with Crippen LogP contribution in [-0.2, 0) is 31.5 Å². The van der Waals surface area contributed by atoms with Gasteiger partial charge in [0.15, 0.2) is 34.2 Å². The van der Waals surface area contributed by atoms with Gasteiger partial charge in [-0.15, -0.1) is 15.3 Å². The van der Waals surface area contributed by atoms with Gasteiger partial charge in [-0.1, -0.05) is 50.9 Å². The number of nitrogens with zero attached hydrogens (tertiary/aromatic N) is 12. The summed E-state index contributed by atoms with van der Waals surface area (Å²) in [5.74, 6) is 0.696. The Morgan fingerprint density at radius 2 is 0.702 bits per heavy atom. The molecule has 7 heterocycles. The number of aromatic nitrogens is 12. The molecule has 0 saturated carbocycles. The van der Waals surface area contributed by atoms with Crippen molar-refractivity contribution >= 4 is 35.3 Å². The van der Waals surface area contributed by atoms with E-state index >= 15 is 0 Å². The Kier molecular flexibility index (Phi) is 13.1. The van der Waals surface area contributed by atoms with Crippen molar-refractivity contribution in [1.29, 1.82) is 0 Å². The standard InChI is InChI=1S/C30H42N12O12S3/c1-10-16(43)19(46)22(49)25(52-10)40-4-13(34-37-40)7-55-28-31-29(56-8-14-5-41(38-35-14)26-23(50)20(47)17(44)11(2)53-26)33-30(32-28)57-9-15-6-42(39-36-15)27-24(51)21(48)18(45)12(3)54-27/h4-6,10-12,16-27,43-51H,7-9H2,1-3H3/t10-,11-,12-,16+,17+,18+,19+,20+,21+,22-,23-,24-,25+,26+,27+/m0/s1. The smallest absolute Gasteiger partial charge is 0.192 e. The van der Waals surface area contributed by atoms with E-state index < -0.39 is 91.9 Å². The molecule has 0 aliphatic carbocycles. The summed E-state index contributed by atoms with van der Waals surface area (Å²) < 4.78 is 20.8. The van der Waals surface area contributed by atoms with Crippen LogP contribution in [0.1, 0.15) is 56.5 Å². The average molecular weight is 859 g/mol. The quantitative estimate of drug-likeness (QED) is 0.0625. The van der Waals surface area contributed by atoms with Crippen molar-refractivity contribution in [2.45, 2.75) is 145 Å².